The molecule has 0 saturated heterocycles. The lowest BCUT2D eigenvalue weighted by Gasteiger charge is -2.08. The average molecular weight is 274 g/mol. The highest BCUT2D eigenvalue weighted by Crippen LogP contribution is 2.20. The van der Waals surface area contributed by atoms with Crippen molar-refractivity contribution < 1.29 is 4.79 Å². The number of alkyl halides is 1. The maximum absolute atomic E-state index is 10.8. The highest BCUT2D eigenvalue weighted by molar-refractivity contribution is 6.21. The molecule has 0 aromatic heterocycles. The summed E-state index contributed by atoms with van der Waals surface area (Å²) in [5, 5.41) is -0.236. The number of primary amides is 1. The summed E-state index contributed by atoms with van der Waals surface area (Å²) in [6, 6.07) is 18.4. The minimum absolute atomic E-state index is 0.210. The van der Waals surface area contributed by atoms with Gasteiger partial charge in [-0.1, -0.05) is 54.6 Å². The van der Waals surface area contributed by atoms with Gasteiger partial charge in [-0.25, -0.2) is 0 Å². The van der Waals surface area contributed by atoms with E-state index in [9.17, 15) is 4.79 Å². The number of carbonyl (C=O) groups excluding carboxylic acids is 1. The Morgan fingerprint density at radius 2 is 1.58 bits per heavy atom. The van der Waals surface area contributed by atoms with E-state index in [1.165, 1.54) is 11.1 Å². The molecule has 0 aliphatic heterocycles. The fourth-order valence-corrected chi connectivity index (χ4v) is 2.34. The Morgan fingerprint density at radius 1 is 1.00 bits per heavy atom. The molecule has 2 aromatic rings. The third kappa shape index (κ3) is 4.11. The van der Waals surface area contributed by atoms with Crippen molar-refractivity contribution >= 4 is 17.5 Å². The summed E-state index contributed by atoms with van der Waals surface area (Å²) in [5.74, 6) is -0.360. The van der Waals surface area contributed by atoms with Crippen molar-refractivity contribution in [3.63, 3.8) is 0 Å². The number of halogens is 1. The van der Waals surface area contributed by atoms with E-state index in [4.69, 9.17) is 17.3 Å². The van der Waals surface area contributed by atoms with Crippen molar-refractivity contribution in [3.8, 4) is 11.1 Å². The predicted octanol–water partition coefficient (Wildman–Crippen LogP) is 3.38. The van der Waals surface area contributed by atoms with Crippen molar-refractivity contribution in [1.82, 2.24) is 0 Å². The standard InChI is InChI=1S/C16H16ClNO/c17-15(11-16(18)19)10-12-6-8-14(9-7-12)13-4-2-1-3-5-13/h1-9,15H,10-11H2,(H2,18,19). The third-order valence-electron chi connectivity index (χ3n) is 2.94. The van der Waals surface area contributed by atoms with E-state index in [0.29, 0.717) is 6.42 Å². The summed E-state index contributed by atoms with van der Waals surface area (Å²) in [5.41, 5.74) is 8.60. The number of hydrogen-bond donors (Lipinski definition) is 1. The van der Waals surface area contributed by atoms with Crippen LogP contribution in [-0.4, -0.2) is 11.3 Å². The number of benzene rings is 2. The fourth-order valence-electron chi connectivity index (χ4n) is 2.01. The molecule has 1 unspecified atom stereocenters. The fraction of sp³-hybridized carbons (Fsp3) is 0.188. The normalized spacial score (nSPS) is 12.1. The van der Waals surface area contributed by atoms with E-state index >= 15 is 0 Å². The van der Waals surface area contributed by atoms with Crippen LogP contribution < -0.4 is 5.73 Å². The zero-order valence-electron chi connectivity index (χ0n) is 10.6. The van der Waals surface area contributed by atoms with Crippen molar-refractivity contribution in [2.75, 3.05) is 0 Å². The molecule has 1 amide bonds. The van der Waals surface area contributed by atoms with Crippen LogP contribution >= 0.6 is 11.6 Å². The second-order valence-corrected chi connectivity index (χ2v) is 5.15. The van der Waals surface area contributed by atoms with Crippen LogP contribution in [0.4, 0.5) is 0 Å². The van der Waals surface area contributed by atoms with Crippen LogP contribution in [0, 0.1) is 0 Å². The molecule has 0 aliphatic carbocycles. The SMILES string of the molecule is NC(=O)CC(Cl)Cc1ccc(-c2ccccc2)cc1. The second-order valence-electron chi connectivity index (χ2n) is 4.53. The van der Waals surface area contributed by atoms with Crippen molar-refractivity contribution in [3.05, 3.63) is 60.2 Å². The summed E-state index contributed by atoms with van der Waals surface area (Å²) >= 11 is 6.07. The molecule has 0 spiro atoms. The maximum Gasteiger partial charge on any atom is 0.218 e. The van der Waals surface area contributed by atoms with Crippen LogP contribution in [0.15, 0.2) is 54.6 Å². The van der Waals surface area contributed by atoms with E-state index in [1.807, 2.05) is 30.3 Å². The van der Waals surface area contributed by atoms with E-state index in [0.717, 1.165) is 5.56 Å². The summed E-state index contributed by atoms with van der Waals surface area (Å²) in [7, 11) is 0. The summed E-state index contributed by atoms with van der Waals surface area (Å²) < 4.78 is 0. The molecular formula is C16H16ClNO. The molecule has 0 saturated carbocycles. The molecule has 2 aromatic carbocycles. The van der Waals surface area contributed by atoms with Gasteiger partial charge in [-0.05, 0) is 23.1 Å². The van der Waals surface area contributed by atoms with E-state index in [-0.39, 0.29) is 17.7 Å². The van der Waals surface area contributed by atoms with E-state index in [1.54, 1.807) is 0 Å². The lowest BCUT2D eigenvalue weighted by Crippen LogP contribution is -2.17. The molecule has 98 valence electrons. The smallest absolute Gasteiger partial charge is 0.218 e. The minimum atomic E-state index is -0.360. The molecule has 0 aliphatic rings. The molecule has 2 nitrogen and oxygen atoms in total. The molecule has 0 bridgehead atoms. The van der Waals surface area contributed by atoms with Gasteiger partial charge in [-0.15, -0.1) is 11.6 Å². The van der Waals surface area contributed by atoms with Crippen molar-refractivity contribution in [1.29, 1.82) is 0 Å². The Morgan fingerprint density at radius 3 is 2.16 bits per heavy atom. The van der Waals surface area contributed by atoms with Gasteiger partial charge in [0.2, 0.25) is 5.91 Å². The summed E-state index contributed by atoms with van der Waals surface area (Å²) in [6.45, 7) is 0. The molecular weight excluding hydrogens is 258 g/mol. The summed E-state index contributed by atoms with van der Waals surface area (Å²) in [4.78, 5) is 10.8. The van der Waals surface area contributed by atoms with Crippen LogP contribution in [0.1, 0.15) is 12.0 Å². The first-order valence-corrected chi connectivity index (χ1v) is 6.65. The molecule has 0 radical (unpaired) electrons. The van der Waals surface area contributed by atoms with Crippen LogP contribution in [0.25, 0.3) is 11.1 Å². The number of hydrogen-bond acceptors (Lipinski definition) is 1. The molecule has 2 N–H and O–H groups in total. The topological polar surface area (TPSA) is 43.1 Å². The Balaban J connectivity index is 2.05. The van der Waals surface area contributed by atoms with Crippen molar-refractivity contribution in [2.45, 2.75) is 18.2 Å². The monoisotopic (exact) mass is 273 g/mol. The van der Waals surface area contributed by atoms with Crippen LogP contribution in [0.3, 0.4) is 0 Å². The Hall–Kier alpha value is -1.80. The zero-order valence-corrected chi connectivity index (χ0v) is 11.3. The highest BCUT2D eigenvalue weighted by atomic mass is 35.5. The quantitative estimate of drug-likeness (QED) is 0.834. The Kier molecular flexibility index (Phi) is 4.58. The van der Waals surface area contributed by atoms with Gasteiger partial charge in [0.25, 0.3) is 0 Å². The highest BCUT2D eigenvalue weighted by Gasteiger charge is 2.09. The van der Waals surface area contributed by atoms with E-state index in [2.05, 4.69) is 24.3 Å². The molecule has 0 fully saturated rings. The predicted molar refractivity (Wildman–Crippen MR) is 79.0 cm³/mol. The molecule has 1 atom stereocenters. The molecule has 0 heterocycles. The van der Waals surface area contributed by atoms with Gasteiger partial charge >= 0.3 is 0 Å². The van der Waals surface area contributed by atoms with Gasteiger partial charge in [-0.3, -0.25) is 4.79 Å². The summed E-state index contributed by atoms with van der Waals surface area (Å²) in [6.07, 6.45) is 0.863. The van der Waals surface area contributed by atoms with Gasteiger partial charge in [0.1, 0.15) is 0 Å². The van der Waals surface area contributed by atoms with Gasteiger partial charge in [0.05, 0.1) is 0 Å². The van der Waals surface area contributed by atoms with Gasteiger partial charge < -0.3 is 5.73 Å². The van der Waals surface area contributed by atoms with Gasteiger partial charge in [-0.2, -0.15) is 0 Å². The average Bonchev–Trinajstić information content (AvgIpc) is 2.39. The Labute approximate surface area is 118 Å². The lowest BCUT2D eigenvalue weighted by atomic mass is 10.0. The van der Waals surface area contributed by atoms with Crippen LogP contribution in [0.2, 0.25) is 0 Å². The number of rotatable bonds is 5. The third-order valence-corrected chi connectivity index (χ3v) is 3.25. The first-order chi connectivity index (χ1) is 9.15. The molecule has 3 heteroatoms. The number of carbonyl (C=O) groups is 1. The van der Waals surface area contributed by atoms with Crippen LogP contribution in [-0.2, 0) is 11.2 Å². The zero-order chi connectivity index (χ0) is 13.7. The number of amides is 1. The number of nitrogens with two attached hydrogens (primary N) is 1. The van der Waals surface area contributed by atoms with E-state index < -0.39 is 0 Å². The first kappa shape index (κ1) is 13.6. The minimum Gasteiger partial charge on any atom is -0.370 e. The molecule has 2 rings (SSSR count). The maximum atomic E-state index is 10.8. The Bertz CT molecular complexity index is 536. The van der Waals surface area contributed by atoms with Crippen LogP contribution in [0.5, 0.6) is 0 Å². The van der Waals surface area contributed by atoms with Crippen molar-refractivity contribution in [2.24, 2.45) is 5.73 Å². The lowest BCUT2D eigenvalue weighted by molar-refractivity contribution is -0.118. The largest absolute Gasteiger partial charge is 0.370 e. The second kappa shape index (κ2) is 6.39. The first-order valence-electron chi connectivity index (χ1n) is 6.22. The van der Waals surface area contributed by atoms with Gasteiger partial charge in [0, 0.05) is 11.8 Å². The van der Waals surface area contributed by atoms with Gasteiger partial charge in [0.15, 0.2) is 0 Å². The molecule has 19 heavy (non-hydrogen) atoms.